The van der Waals surface area contributed by atoms with Crippen LogP contribution in [0, 0.1) is 6.92 Å². The highest BCUT2D eigenvalue weighted by Gasteiger charge is 2.11. The molecule has 2 heterocycles. The summed E-state index contributed by atoms with van der Waals surface area (Å²) in [5.74, 6) is -0.135. The van der Waals surface area contributed by atoms with Gasteiger partial charge in [0.2, 0.25) is 0 Å². The van der Waals surface area contributed by atoms with E-state index >= 15 is 0 Å². The minimum absolute atomic E-state index is 0.135. The van der Waals surface area contributed by atoms with Crippen LogP contribution in [0.15, 0.2) is 18.3 Å². The van der Waals surface area contributed by atoms with Crippen molar-refractivity contribution in [2.45, 2.75) is 26.9 Å². The Hall–Kier alpha value is -2.11. The molecule has 0 saturated heterocycles. The number of nitrogens with zero attached hydrogens (tertiary/aromatic N) is 4. The average molecular weight is 247 g/mol. The lowest BCUT2D eigenvalue weighted by atomic mass is 10.3. The number of aromatic nitrogens is 4. The van der Waals surface area contributed by atoms with E-state index < -0.39 is 0 Å². The van der Waals surface area contributed by atoms with Crippen molar-refractivity contribution in [3.8, 4) is 0 Å². The third-order valence-corrected chi connectivity index (χ3v) is 2.68. The summed E-state index contributed by atoms with van der Waals surface area (Å²) in [7, 11) is 1.76. The fraction of sp³-hybridized carbons (Fsp3) is 0.417. The molecule has 96 valence electrons. The van der Waals surface area contributed by atoms with E-state index in [0.29, 0.717) is 12.2 Å². The molecule has 0 aliphatic heterocycles. The highest BCUT2D eigenvalue weighted by atomic mass is 16.2. The van der Waals surface area contributed by atoms with Crippen LogP contribution in [0.4, 0.5) is 0 Å². The molecule has 0 saturated carbocycles. The van der Waals surface area contributed by atoms with Crippen molar-refractivity contribution in [3.05, 3.63) is 35.4 Å². The molecule has 2 aromatic rings. The van der Waals surface area contributed by atoms with Crippen LogP contribution >= 0.6 is 0 Å². The Kier molecular flexibility index (Phi) is 3.45. The molecule has 6 nitrogen and oxygen atoms in total. The number of carbonyl (C=O) groups is 1. The number of hydrogen-bond acceptors (Lipinski definition) is 3. The van der Waals surface area contributed by atoms with Gasteiger partial charge in [0.15, 0.2) is 0 Å². The molecule has 0 aliphatic rings. The van der Waals surface area contributed by atoms with Crippen molar-refractivity contribution < 1.29 is 4.79 Å². The van der Waals surface area contributed by atoms with Crippen LogP contribution in [0.2, 0.25) is 0 Å². The van der Waals surface area contributed by atoms with Crippen LogP contribution in [0.25, 0.3) is 0 Å². The third kappa shape index (κ3) is 2.58. The van der Waals surface area contributed by atoms with E-state index in [1.54, 1.807) is 17.8 Å². The van der Waals surface area contributed by atoms with E-state index in [4.69, 9.17) is 0 Å². The van der Waals surface area contributed by atoms with Crippen molar-refractivity contribution in [1.82, 2.24) is 24.9 Å². The number of amides is 1. The molecule has 2 aromatic heterocycles. The quantitative estimate of drug-likeness (QED) is 0.872. The normalized spacial score (nSPS) is 10.6. The van der Waals surface area contributed by atoms with E-state index in [2.05, 4.69) is 15.5 Å². The molecule has 0 atom stereocenters. The van der Waals surface area contributed by atoms with Gasteiger partial charge in [-0.1, -0.05) is 0 Å². The fourth-order valence-electron chi connectivity index (χ4n) is 1.76. The lowest BCUT2D eigenvalue weighted by Crippen LogP contribution is -2.25. The monoisotopic (exact) mass is 247 g/mol. The number of rotatable bonds is 4. The molecule has 2 rings (SSSR count). The first-order valence-corrected chi connectivity index (χ1v) is 5.91. The molecule has 18 heavy (non-hydrogen) atoms. The second-order valence-electron chi connectivity index (χ2n) is 4.14. The molecule has 0 aromatic carbocycles. The average Bonchev–Trinajstić information content (AvgIpc) is 2.92. The number of nitrogens with one attached hydrogen (secondary N) is 1. The standard InChI is InChI=1S/C12H17N5O/c1-4-17-6-5-10(15-17)8-13-12(18)11-7-9(2)14-16(11)3/h5-7H,4,8H2,1-3H3,(H,13,18). The summed E-state index contributed by atoms with van der Waals surface area (Å²) in [4.78, 5) is 11.9. The molecule has 6 heteroatoms. The summed E-state index contributed by atoms with van der Waals surface area (Å²) < 4.78 is 3.41. The first-order chi connectivity index (χ1) is 8.60. The van der Waals surface area contributed by atoms with E-state index in [1.165, 1.54) is 0 Å². The van der Waals surface area contributed by atoms with Crippen LogP contribution in [0.5, 0.6) is 0 Å². The van der Waals surface area contributed by atoms with Gasteiger partial charge in [-0.3, -0.25) is 14.2 Å². The smallest absolute Gasteiger partial charge is 0.269 e. The maximum absolute atomic E-state index is 11.9. The first kappa shape index (κ1) is 12.3. The van der Waals surface area contributed by atoms with Gasteiger partial charge in [-0.25, -0.2) is 0 Å². The van der Waals surface area contributed by atoms with E-state index in [0.717, 1.165) is 17.9 Å². The van der Waals surface area contributed by atoms with Crippen LogP contribution in [-0.4, -0.2) is 25.5 Å². The van der Waals surface area contributed by atoms with Gasteiger partial charge in [0, 0.05) is 19.8 Å². The number of hydrogen-bond donors (Lipinski definition) is 1. The van der Waals surface area contributed by atoms with Crippen molar-refractivity contribution in [3.63, 3.8) is 0 Å². The van der Waals surface area contributed by atoms with Crippen LogP contribution in [0.3, 0.4) is 0 Å². The Morgan fingerprint density at radius 1 is 1.44 bits per heavy atom. The van der Waals surface area contributed by atoms with Crippen LogP contribution < -0.4 is 5.32 Å². The Morgan fingerprint density at radius 3 is 2.78 bits per heavy atom. The second kappa shape index (κ2) is 5.03. The molecule has 0 spiro atoms. The van der Waals surface area contributed by atoms with Gasteiger partial charge in [-0.2, -0.15) is 10.2 Å². The van der Waals surface area contributed by atoms with Crippen molar-refractivity contribution >= 4 is 5.91 Å². The topological polar surface area (TPSA) is 64.7 Å². The zero-order valence-electron chi connectivity index (χ0n) is 10.8. The Labute approximate surface area is 106 Å². The van der Waals surface area contributed by atoms with E-state index in [-0.39, 0.29) is 5.91 Å². The molecule has 0 unspecified atom stereocenters. The molecular weight excluding hydrogens is 230 g/mol. The van der Waals surface area contributed by atoms with Gasteiger partial charge in [-0.05, 0) is 26.0 Å². The summed E-state index contributed by atoms with van der Waals surface area (Å²) in [5.41, 5.74) is 2.24. The first-order valence-electron chi connectivity index (χ1n) is 5.91. The van der Waals surface area contributed by atoms with E-state index in [1.807, 2.05) is 30.8 Å². The van der Waals surface area contributed by atoms with Gasteiger partial charge >= 0.3 is 0 Å². The zero-order valence-corrected chi connectivity index (χ0v) is 10.8. The predicted molar refractivity (Wildman–Crippen MR) is 67.0 cm³/mol. The molecule has 1 amide bonds. The number of aryl methyl sites for hydroxylation is 3. The lowest BCUT2D eigenvalue weighted by molar-refractivity contribution is 0.0941. The Bertz CT molecular complexity index is 555. The van der Waals surface area contributed by atoms with Gasteiger partial charge < -0.3 is 5.32 Å². The zero-order chi connectivity index (χ0) is 13.1. The SMILES string of the molecule is CCn1ccc(CNC(=O)c2cc(C)nn2C)n1. The third-order valence-electron chi connectivity index (χ3n) is 2.68. The van der Waals surface area contributed by atoms with Crippen molar-refractivity contribution in [2.24, 2.45) is 7.05 Å². The van der Waals surface area contributed by atoms with Gasteiger partial charge in [0.25, 0.3) is 5.91 Å². The molecule has 0 aliphatic carbocycles. The molecular formula is C12H17N5O. The highest BCUT2D eigenvalue weighted by molar-refractivity contribution is 5.92. The van der Waals surface area contributed by atoms with Crippen LogP contribution in [-0.2, 0) is 20.1 Å². The molecule has 0 bridgehead atoms. The minimum atomic E-state index is -0.135. The maximum atomic E-state index is 11.9. The summed E-state index contributed by atoms with van der Waals surface area (Å²) >= 11 is 0. The highest BCUT2D eigenvalue weighted by Crippen LogP contribution is 2.02. The molecule has 1 N–H and O–H groups in total. The summed E-state index contributed by atoms with van der Waals surface area (Å²) in [5, 5.41) is 11.3. The number of carbonyl (C=O) groups excluding carboxylic acids is 1. The Morgan fingerprint density at radius 2 is 2.22 bits per heavy atom. The van der Waals surface area contributed by atoms with Gasteiger partial charge in [-0.15, -0.1) is 0 Å². The Balaban J connectivity index is 1.98. The largest absolute Gasteiger partial charge is 0.345 e. The van der Waals surface area contributed by atoms with Crippen LogP contribution in [0.1, 0.15) is 28.8 Å². The lowest BCUT2D eigenvalue weighted by Gasteiger charge is -2.03. The van der Waals surface area contributed by atoms with Crippen molar-refractivity contribution in [2.75, 3.05) is 0 Å². The second-order valence-corrected chi connectivity index (χ2v) is 4.14. The maximum Gasteiger partial charge on any atom is 0.269 e. The summed E-state index contributed by atoms with van der Waals surface area (Å²) in [6.07, 6.45) is 1.90. The van der Waals surface area contributed by atoms with Crippen molar-refractivity contribution in [1.29, 1.82) is 0 Å². The summed E-state index contributed by atoms with van der Waals surface area (Å²) in [6.45, 7) is 5.14. The summed E-state index contributed by atoms with van der Waals surface area (Å²) in [6, 6.07) is 3.66. The molecule has 0 radical (unpaired) electrons. The minimum Gasteiger partial charge on any atom is -0.345 e. The van der Waals surface area contributed by atoms with Gasteiger partial charge in [0.1, 0.15) is 5.69 Å². The molecule has 0 fully saturated rings. The van der Waals surface area contributed by atoms with Gasteiger partial charge in [0.05, 0.1) is 17.9 Å². The fourth-order valence-corrected chi connectivity index (χ4v) is 1.76. The predicted octanol–water partition coefficient (Wildman–Crippen LogP) is 0.875. The van der Waals surface area contributed by atoms with E-state index in [9.17, 15) is 4.79 Å².